The van der Waals surface area contributed by atoms with Crippen LogP contribution in [0.2, 0.25) is 0 Å². The molecule has 10 heteroatoms. The first-order valence-corrected chi connectivity index (χ1v) is 12.0. The molecule has 2 atom stereocenters. The zero-order valence-electron chi connectivity index (χ0n) is 16.4. The van der Waals surface area contributed by atoms with Crippen LogP contribution in [0.4, 0.5) is 0 Å². The number of sulfonamides is 1. The molecule has 2 aliphatic heterocycles. The van der Waals surface area contributed by atoms with Gasteiger partial charge in [0.05, 0.1) is 6.26 Å². The van der Waals surface area contributed by atoms with Crippen LogP contribution in [-0.2, 0) is 24.4 Å². The summed E-state index contributed by atoms with van der Waals surface area (Å²) in [5.74, 6) is -0.868. The summed E-state index contributed by atoms with van der Waals surface area (Å²) in [6.45, 7) is 0.891. The van der Waals surface area contributed by atoms with Gasteiger partial charge in [-0.15, -0.1) is 0 Å². The summed E-state index contributed by atoms with van der Waals surface area (Å²) in [6, 6.07) is -1.55. The fraction of sp³-hybridized carbons (Fsp3) is 0.833. The molecule has 0 spiro atoms. The molecular formula is C18H30N4O5S. The number of piperazine rings is 1. The van der Waals surface area contributed by atoms with E-state index in [0.29, 0.717) is 13.0 Å². The minimum atomic E-state index is -3.47. The van der Waals surface area contributed by atoms with Gasteiger partial charge >= 0.3 is 0 Å². The van der Waals surface area contributed by atoms with Gasteiger partial charge in [0.1, 0.15) is 12.1 Å². The van der Waals surface area contributed by atoms with Gasteiger partial charge in [-0.05, 0) is 25.7 Å². The van der Waals surface area contributed by atoms with E-state index in [0.717, 1.165) is 44.8 Å². The van der Waals surface area contributed by atoms with E-state index in [1.807, 2.05) is 0 Å². The van der Waals surface area contributed by atoms with Gasteiger partial charge in [-0.3, -0.25) is 14.4 Å². The number of nitrogens with zero attached hydrogens (tertiary/aromatic N) is 2. The molecule has 0 unspecified atom stereocenters. The second-order valence-electron chi connectivity index (χ2n) is 8.00. The largest absolute Gasteiger partial charge is 0.354 e. The van der Waals surface area contributed by atoms with Gasteiger partial charge in [-0.25, -0.2) is 8.42 Å². The third-order valence-corrected chi connectivity index (χ3v) is 7.22. The number of carbonyl (C=O) groups is 3. The highest BCUT2D eigenvalue weighted by molar-refractivity contribution is 7.88. The summed E-state index contributed by atoms with van der Waals surface area (Å²) in [5.41, 5.74) is 0. The second-order valence-corrected chi connectivity index (χ2v) is 9.98. The Kier molecular flexibility index (Phi) is 6.59. The van der Waals surface area contributed by atoms with Crippen LogP contribution in [0.25, 0.3) is 0 Å². The molecule has 0 radical (unpaired) electrons. The molecule has 0 aromatic carbocycles. The van der Waals surface area contributed by atoms with Gasteiger partial charge in [0.25, 0.3) is 0 Å². The van der Waals surface area contributed by atoms with Crippen LogP contribution in [0.1, 0.15) is 44.9 Å². The standard InChI is InChI=1S/C18H30N4O5S/c1-28(26,27)21-10-11-22(18(25)13-6-3-2-4-7-13)15(12-21)17(24)20-14-8-5-9-19-16(14)23/h13-15H,2-12H2,1H3,(H,19,23)(H,20,24)/t14-,15+/m0/s1. The zero-order valence-corrected chi connectivity index (χ0v) is 17.2. The third-order valence-electron chi connectivity index (χ3n) is 5.95. The SMILES string of the molecule is CS(=O)(=O)N1CCN(C(=O)C2CCCCC2)[C@@H](C(=O)N[C@H]2CCCNC2=O)C1. The molecule has 2 heterocycles. The first-order valence-electron chi connectivity index (χ1n) is 10.1. The van der Waals surface area contributed by atoms with Gasteiger partial charge in [-0.1, -0.05) is 19.3 Å². The maximum Gasteiger partial charge on any atom is 0.244 e. The topological polar surface area (TPSA) is 116 Å². The number of hydrogen-bond acceptors (Lipinski definition) is 5. The average Bonchev–Trinajstić information content (AvgIpc) is 2.68. The summed E-state index contributed by atoms with van der Waals surface area (Å²) < 4.78 is 25.2. The summed E-state index contributed by atoms with van der Waals surface area (Å²) in [6.07, 6.45) is 7.15. The van der Waals surface area contributed by atoms with Crippen LogP contribution in [-0.4, -0.2) is 79.9 Å². The van der Waals surface area contributed by atoms with Gasteiger partial charge in [0.15, 0.2) is 0 Å². The molecule has 9 nitrogen and oxygen atoms in total. The van der Waals surface area contributed by atoms with E-state index in [9.17, 15) is 22.8 Å². The number of rotatable bonds is 4. The highest BCUT2D eigenvalue weighted by Crippen LogP contribution is 2.27. The molecule has 1 aliphatic carbocycles. The molecule has 3 fully saturated rings. The highest BCUT2D eigenvalue weighted by atomic mass is 32.2. The van der Waals surface area contributed by atoms with E-state index in [1.54, 1.807) is 0 Å². The van der Waals surface area contributed by atoms with E-state index in [2.05, 4.69) is 10.6 Å². The van der Waals surface area contributed by atoms with Gasteiger partial charge in [-0.2, -0.15) is 4.31 Å². The van der Waals surface area contributed by atoms with Crippen molar-refractivity contribution in [1.29, 1.82) is 0 Å². The van der Waals surface area contributed by atoms with Gasteiger partial charge in [0.2, 0.25) is 27.7 Å². The normalized spacial score (nSPS) is 27.9. The highest BCUT2D eigenvalue weighted by Gasteiger charge is 2.41. The first-order chi connectivity index (χ1) is 13.3. The smallest absolute Gasteiger partial charge is 0.244 e. The van der Waals surface area contributed by atoms with Crippen molar-refractivity contribution in [3.8, 4) is 0 Å². The van der Waals surface area contributed by atoms with Crippen molar-refractivity contribution in [3.63, 3.8) is 0 Å². The van der Waals surface area contributed by atoms with Crippen LogP contribution in [0.5, 0.6) is 0 Å². The Labute approximate surface area is 166 Å². The lowest BCUT2D eigenvalue weighted by molar-refractivity contribution is -0.147. The molecule has 0 bridgehead atoms. The van der Waals surface area contributed by atoms with Crippen LogP contribution in [0.3, 0.4) is 0 Å². The van der Waals surface area contributed by atoms with Crippen molar-refractivity contribution in [2.45, 2.75) is 57.0 Å². The lowest BCUT2D eigenvalue weighted by Crippen LogP contribution is -2.64. The predicted molar refractivity (Wildman–Crippen MR) is 103 cm³/mol. The van der Waals surface area contributed by atoms with E-state index in [-0.39, 0.29) is 37.4 Å². The van der Waals surface area contributed by atoms with Crippen molar-refractivity contribution < 1.29 is 22.8 Å². The molecule has 3 rings (SSSR count). The maximum absolute atomic E-state index is 13.1. The van der Waals surface area contributed by atoms with Crippen molar-refractivity contribution in [2.24, 2.45) is 5.92 Å². The molecule has 2 N–H and O–H groups in total. The van der Waals surface area contributed by atoms with Crippen molar-refractivity contribution >= 4 is 27.7 Å². The Morgan fingerprint density at radius 3 is 2.43 bits per heavy atom. The fourth-order valence-corrected chi connectivity index (χ4v) is 5.13. The van der Waals surface area contributed by atoms with Crippen molar-refractivity contribution in [1.82, 2.24) is 19.8 Å². The predicted octanol–water partition coefficient (Wildman–Crippen LogP) is -0.566. The van der Waals surface area contributed by atoms with Crippen molar-refractivity contribution in [3.05, 3.63) is 0 Å². The Morgan fingerprint density at radius 2 is 1.79 bits per heavy atom. The molecule has 158 valence electrons. The minimum Gasteiger partial charge on any atom is -0.354 e. The molecule has 1 saturated carbocycles. The molecule has 0 aromatic heterocycles. The van der Waals surface area contributed by atoms with Crippen LogP contribution in [0.15, 0.2) is 0 Å². The van der Waals surface area contributed by atoms with E-state index >= 15 is 0 Å². The zero-order chi connectivity index (χ0) is 20.3. The average molecular weight is 415 g/mol. The maximum atomic E-state index is 13.1. The van der Waals surface area contributed by atoms with Crippen molar-refractivity contribution in [2.75, 3.05) is 32.4 Å². The monoisotopic (exact) mass is 414 g/mol. The van der Waals surface area contributed by atoms with E-state index in [1.165, 1.54) is 9.21 Å². The molecular weight excluding hydrogens is 384 g/mol. The molecule has 0 aromatic rings. The summed E-state index contributed by atoms with van der Waals surface area (Å²) >= 11 is 0. The van der Waals surface area contributed by atoms with E-state index in [4.69, 9.17) is 0 Å². The fourth-order valence-electron chi connectivity index (χ4n) is 4.31. The van der Waals surface area contributed by atoms with E-state index < -0.39 is 28.0 Å². The van der Waals surface area contributed by atoms with Crippen LogP contribution in [0, 0.1) is 5.92 Å². The van der Waals surface area contributed by atoms with Crippen LogP contribution < -0.4 is 10.6 Å². The molecule has 2 saturated heterocycles. The Bertz CT molecular complexity index is 719. The summed E-state index contributed by atoms with van der Waals surface area (Å²) in [7, 11) is -3.47. The Hall–Kier alpha value is -1.68. The first kappa shape index (κ1) is 21.0. The molecule has 28 heavy (non-hydrogen) atoms. The van der Waals surface area contributed by atoms with Gasteiger partial charge in [0, 0.05) is 32.1 Å². The van der Waals surface area contributed by atoms with Crippen LogP contribution >= 0.6 is 0 Å². The lowest BCUT2D eigenvalue weighted by atomic mass is 9.87. The number of carbonyl (C=O) groups excluding carboxylic acids is 3. The number of hydrogen-bond donors (Lipinski definition) is 2. The molecule has 3 aliphatic rings. The second kappa shape index (κ2) is 8.77. The number of amides is 3. The Balaban J connectivity index is 1.76. The lowest BCUT2D eigenvalue weighted by Gasteiger charge is -2.41. The molecule has 3 amide bonds. The quantitative estimate of drug-likeness (QED) is 0.639. The summed E-state index contributed by atoms with van der Waals surface area (Å²) in [4.78, 5) is 39.6. The van der Waals surface area contributed by atoms with Gasteiger partial charge < -0.3 is 15.5 Å². The number of piperidine rings is 1. The minimum absolute atomic E-state index is 0.0684. The third kappa shape index (κ3) is 4.83. The summed E-state index contributed by atoms with van der Waals surface area (Å²) in [5, 5.41) is 5.45. The number of nitrogens with one attached hydrogen (secondary N) is 2. The Morgan fingerprint density at radius 1 is 1.07 bits per heavy atom.